The number of nitrogens with zero attached hydrogens (tertiary/aromatic N) is 3. The molecule has 0 spiro atoms. The number of hydrogen-bond acceptors (Lipinski definition) is 7. The summed E-state index contributed by atoms with van der Waals surface area (Å²) >= 11 is 2.98. The number of aromatic nitrogens is 2. The lowest BCUT2D eigenvalue weighted by atomic mass is 10.3. The molecule has 0 unspecified atom stereocenters. The van der Waals surface area contributed by atoms with Crippen molar-refractivity contribution >= 4 is 54.8 Å². The molecule has 0 bridgehead atoms. The largest absolute Gasteiger partial charge is 0.351 e. The molecule has 0 aliphatic rings. The van der Waals surface area contributed by atoms with Gasteiger partial charge >= 0.3 is 0 Å². The number of carbonyl (C=O) groups is 2. The van der Waals surface area contributed by atoms with Crippen molar-refractivity contribution in [1.82, 2.24) is 15.3 Å². The fourth-order valence-electron chi connectivity index (χ4n) is 2.50. The molecule has 0 aromatic carbocycles. The van der Waals surface area contributed by atoms with E-state index in [-0.39, 0.29) is 24.8 Å². The summed E-state index contributed by atoms with van der Waals surface area (Å²) in [6.07, 6.45) is 3.42. The number of hydrogen-bond donors (Lipinski definition) is 2. The molecule has 3 aromatic rings. The van der Waals surface area contributed by atoms with E-state index in [0.29, 0.717) is 10.6 Å². The van der Waals surface area contributed by atoms with Crippen molar-refractivity contribution in [3.63, 3.8) is 0 Å². The molecule has 2 N–H and O–H groups in total. The Hall–Kier alpha value is -2.52. The van der Waals surface area contributed by atoms with Crippen LogP contribution in [0.15, 0.2) is 30.6 Å². The SMILES string of the molecule is CCN(CC)c1nc2sc(C(=O)NCCC(=O)Nc3cccnc3)cc2s1. The Morgan fingerprint density at radius 3 is 2.70 bits per heavy atom. The second-order valence-electron chi connectivity index (χ2n) is 5.74. The number of carbonyl (C=O) groups excluding carboxylic acids is 2. The number of rotatable bonds is 8. The van der Waals surface area contributed by atoms with Gasteiger partial charge in [-0.15, -0.1) is 11.3 Å². The first kappa shape index (κ1) is 19.2. The van der Waals surface area contributed by atoms with E-state index in [2.05, 4.69) is 39.3 Å². The number of anilines is 2. The van der Waals surface area contributed by atoms with Gasteiger partial charge in [0.2, 0.25) is 5.91 Å². The smallest absolute Gasteiger partial charge is 0.261 e. The van der Waals surface area contributed by atoms with Gasteiger partial charge in [-0.3, -0.25) is 14.6 Å². The molecular formula is C18H21N5O2S2. The average Bonchev–Trinajstić information content (AvgIpc) is 3.23. The summed E-state index contributed by atoms with van der Waals surface area (Å²) in [7, 11) is 0. The van der Waals surface area contributed by atoms with Gasteiger partial charge in [0.15, 0.2) is 5.13 Å². The van der Waals surface area contributed by atoms with E-state index >= 15 is 0 Å². The Morgan fingerprint density at radius 1 is 1.22 bits per heavy atom. The van der Waals surface area contributed by atoms with Crippen LogP contribution in [0.2, 0.25) is 0 Å². The van der Waals surface area contributed by atoms with Crippen LogP contribution >= 0.6 is 22.7 Å². The number of amides is 2. The van der Waals surface area contributed by atoms with Crippen LogP contribution in [0.3, 0.4) is 0 Å². The number of pyridine rings is 1. The summed E-state index contributed by atoms with van der Waals surface area (Å²) in [6, 6.07) is 5.39. The van der Waals surface area contributed by atoms with Crippen molar-refractivity contribution in [3.05, 3.63) is 35.5 Å². The normalized spacial score (nSPS) is 10.7. The molecule has 142 valence electrons. The van der Waals surface area contributed by atoms with E-state index in [4.69, 9.17) is 0 Å². The molecule has 9 heteroatoms. The quantitative estimate of drug-likeness (QED) is 0.602. The Labute approximate surface area is 165 Å². The summed E-state index contributed by atoms with van der Waals surface area (Å²) in [4.78, 5) is 36.4. The van der Waals surface area contributed by atoms with Crippen LogP contribution in [0.1, 0.15) is 29.9 Å². The van der Waals surface area contributed by atoms with Gasteiger partial charge in [0, 0.05) is 32.3 Å². The van der Waals surface area contributed by atoms with E-state index in [9.17, 15) is 9.59 Å². The number of nitrogens with one attached hydrogen (secondary N) is 2. The van der Waals surface area contributed by atoms with Crippen molar-refractivity contribution in [3.8, 4) is 0 Å². The highest BCUT2D eigenvalue weighted by molar-refractivity contribution is 7.29. The van der Waals surface area contributed by atoms with Crippen molar-refractivity contribution in [1.29, 1.82) is 0 Å². The van der Waals surface area contributed by atoms with Gasteiger partial charge in [-0.1, -0.05) is 11.3 Å². The highest BCUT2D eigenvalue weighted by Gasteiger charge is 2.16. The summed E-state index contributed by atoms with van der Waals surface area (Å²) < 4.78 is 1.02. The predicted molar refractivity (Wildman–Crippen MR) is 111 cm³/mol. The van der Waals surface area contributed by atoms with Gasteiger partial charge in [-0.2, -0.15) is 0 Å². The molecule has 0 aliphatic carbocycles. The summed E-state index contributed by atoms with van der Waals surface area (Å²) in [6.45, 7) is 6.29. The third-order valence-electron chi connectivity index (χ3n) is 3.92. The standard InChI is InChI=1S/C18H21N5O2S2/c1-3-23(4-2)18-22-17-14(27-18)10-13(26-17)16(25)20-9-7-15(24)21-12-6-5-8-19-11-12/h5-6,8,10-11H,3-4,7,9H2,1-2H3,(H,20,25)(H,21,24). The highest BCUT2D eigenvalue weighted by atomic mass is 32.1. The van der Waals surface area contributed by atoms with Crippen LogP contribution in [-0.4, -0.2) is 41.4 Å². The Bertz CT molecular complexity index is 887. The van der Waals surface area contributed by atoms with Gasteiger partial charge in [-0.05, 0) is 32.0 Å². The van der Waals surface area contributed by atoms with E-state index in [1.54, 1.807) is 35.9 Å². The topological polar surface area (TPSA) is 87.2 Å². The van der Waals surface area contributed by atoms with Gasteiger partial charge < -0.3 is 15.5 Å². The zero-order valence-electron chi connectivity index (χ0n) is 15.2. The van der Waals surface area contributed by atoms with Crippen molar-refractivity contribution in [2.24, 2.45) is 0 Å². The molecular weight excluding hydrogens is 382 g/mol. The van der Waals surface area contributed by atoms with E-state index in [0.717, 1.165) is 27.8 Å². The lowest BCUT2D eigenvalue weighted by Gasteiger charge is -2.16. The van der Waals surface area contributed by atoms with Gasteiger partial charge in [0.25, 0.3) is 5.91 Å². The zero-order chi connectivity index (χ0) is 19.2. The summed E-state index contributed by atoms with van der Waals surface area (Å²) in [5, 5.41) is 6.51. The summed E-state index contributed by atoms with van der Waals surface area (Å²) in [5.74, 6) is -0.343. The second-order valence-corrected chi connectivity index (χ2v) is 7.78. The Balaban J connectivity index is 1.52. The fraction of sp³-hybridized carbons (Fsp3) is 0.333. The van der Waals surface area contributed by atoms with Gasteiger partial charge in [0.05, 0.1) is 21.5 Å². The van der Waals surface area contributed by atoms with Crippen molar-refractivity contribution in [2.75, 3.05) is 29.9 Å². The third kappa shape index (κ3) is 4.81. The fourth-order valence-corrected chi connectivity index (χ4v) is 4.76. The van der Waals surface area contributed by atoms with Crippen LogP contribution in [-0.2, 0) is 4.79 Å². The molecule has 0 fully saturated rings. The van der Waals surface area contributed by atoms with Crippen LogP contribution in [0.4, 0.5) is 10.8 Å². The van der Waals surface area contributed by atoms with Crippen molar-refractivity contribution in [2.45, 2.75) is 20.3 Å². The maximum absolute atomic E-state index is 12.3. The first-order chi connectivity index (χ1) is 13.1. The van der Waals surface area contributed by atoms with Gasteiger partial charge in [0.1, 0.15) is 4.83 Å². The molecule has 7 nitrogen and oxygen atoms in total. The molecule has 2 amide bonds. The monoisotopic (exact) mass is 403 g/mol. The van der Waals surface area contributed by atoms with Crippen molar-refractivity contribution < 1.29 is 9.59 Å². The van der Waals surface area contributed by atoms with E-state index < -0.39 is 0 Å². The van der Waals surface area contributed by atoms with Crippen LogP contribution in [0.25, 0.3) is 9.53 Å². The van der Waals surface area contributed by atoms with E-state index in [1.807, 2.05) is 6.07 Å². The zero-order valence-corrected chi connectivity index (χ0v) is 16.8. The maximum atomic E-state index is 12.3. The minimum atomic E-state index is -0.177. The van der Waals surface area contributed by atoms with Crippen LogP contribution < -0.4 is 15.5 Å². The average molecular weight is 404 g/mol. The predicted octanol–water partition coefficient (Wildman–Crippen LogP) is 3.36. The first-order valence-electron chi connectivity index (χ1n) is 8.74. The minimum Gasteiger partial charge on any atom is -0.351 e. The molecule has 3 heterocycles. The Morgan fingerprint density at radius 2 is 2.04 bits per heavy atom. The summed E-state index contributed by atoms with van der Waals surface area (Å²) in [5.41, 5.74) is 0.641. The van der Waals surface area contributed by atoms with E-state index in [1.165, 1.54) is 11.3 Å². The molecule has 0 aliphatic heterocycles. The molecule has 3 rings (SSSR count). The first-order valence-corrected chi connectivity index (χ1v) is 10.4. The van der Waals surface area contributed by atoms with Crippen LogP contribution in [0.5, 0.6) is 0 Å². The third-order valence-corrected chi connectivity index (χ3v) is 6.14. The molecule has 0 radical (unpaired) electrons. The maximum Gasteiger partial charge on any atom is 0.261 e. The lowest BCUT2D eigenvalue weighted by molar-refractivity contribution is -0.116. The Kier molecular flexibility index (Phi) is 6.36. The minimum absolute atomic E-state index is 0.166. The molecule has 0 atom stereocenters. The van der Waals surface area contributed by atoms with Gasteiger partial charge in [-0.25, -0.2) is 4.98 Å². The second kappa shape index (κ2) is 8.92. The molecule has 27 heavy (non-hydrogen) atoms. The number of fused-ring (bicyclic) bond motifs is 1. The molecule has 3 aromatic heterocycles. The van der Waals surface area contributed by atoms with Crippen LogP contribution in [0, 0.1) is 0 Å². The highest BCUT2D eigenvalue weighted by Crippen LogP contribution is 2.34. The molecule has 0 saturated carbocycles. The lowest BCUT2D eigenvalue weighted by Crippen LogP contribution is -2.27. The number of thiophene rings is 1. The number of thiazole rings is 1. The molecule has 0 saturated heterocycles.